The predicted octanol–water partition coefficient (Wildman–Crippen LogP) is 4.97. The van der Waals surface area contributed by atoms with E-state index < -0.39 is 0 Å². The van der Waals surface area contributed by atoms with Crippen molar-refractivity contribution in [2.24, 2.45) is 0 Å². The van der Waals surface area contributed by atoms with Crippen molar-refractivity contribution in [3.63, 3.8) is 0 Å². The van der Waals surface area contributed by atoms with Gasteiger partial charge in [-0.05, 0) is 69.1 Å². The summed E-state index contributed by atoms with van der Waals surface area (Å²) in [7, 11) is 2.14. The lowest BCUT2D eigenvalue weighted by atomic mass is 9.96. The lowest BCUT2D eigenvalue weighted by molar-refractivity contribution is -0.117. The molecule has 1 aliphatic heterocycles. The Morgan fingerprint density at radius 3 is 2.76 bits per heavy atom. The topological polar surface area (TPSA) is 44.4 Å². The van der Waals surface area contributed by atoms with E-state index in [1.54, 1.807) is 0 Å². The van der Waals surface area contributed by atoms with Crippen molar-refractivity contribution in [2.45, 2.75) is 38.5 Å². The Kier molecular flexibility index (Phi) is 7.48. The molecule has 0 saturated heterocycles. The molecule has 154 valence electrons. The summed E-state index contributed by atoms with van der Waals surface area (Å²) < 4.78 is 0. The molecule has 1 atom stereocenters. The third-order valence-electron chi connectivity index (χ3n) is 5.57. The van der Waals surface area contributed by atoms with Crippen LogP contribution in [0, 0.1) is 6.92 Å². The Hall–Kier alpha value is -2.59. The fourth-order valence-electron chi connectivity index (χ4n) is 3.84. The number of nitrogens with one attached hydrogen (secondary N) is 2. The van der Waals surface area contributed by atoms with Gasteiger partial charge in [-0.15, -0.1) is 6.58 Å². The molecular formula is C25H33N3O. The predicted molar refractivity (Wildman–Crippen MR) is 123 cm³/mol. The Labute approximate surface area is 175 Å². The first-order chi connectivity index (χ1) is 14.1. The molecule has 2 aromatic carbocycles. The molecule has 1 aliphatic rings. The van der Waals surface area contributed by atoms with Crippen molar-refractivity contribution >= 4 is 17.3 Å². The van der Waals surface area contributed by atoms with Gasteiger partial charge in [-0.3, -0.25) is 4.79 Å². The highest BCUT2D eigenvalue weighted by atomic mass is 16.1. The van der Waals surface area contributed by atoms with Crippen LogP contribution in [0.5, 0.6) is 0 Å². The Morgan fingerprint density at radius 1 is 1.21 bits per heavy atom. The molecule has 0 aromatic heterocycles. The van der Waals surface area contributed by atoms with Crippen molar-refractivity contribution in [3.8, 4) is 0 Å². The van der Waals surface area contributed by atoms with Crippen LogP contribution in [0.4, 0.5) is 11.4 Å². The number of hydrogen-bond acceptors (Lipinski definition) is 3. The van der Waals surface area contributed by atoms with Crippen LogP contribution in [-0.4, -0.2) is 37.5 Å². The second-order valence-corrected chi connectivity index (χ2v) is 8.07. The third kappa shape index (κ3) is 5.94. The zero-order chi connectivity index (χ0) is 20.6. The average molecular weight is 392 g/mol. The molecule has 0 fully saturated rings. The maximum Gasteiger partial charge on any atom is 0.233 e. The van der Waals surface area contributed by atoms with E-state index in [1.807, 2.05) is 37.3 Å². The average Bonchev–Trinajstić information content (AvgIpc) is 3.13. The molecule has 0 aliphatic carbocycles. The molecule has 4 nitrogen and oxygen atoms in total. The van der Waals surface area contributed by atoms with E-state index >= 15 is 0 Å². The van der Waals surface area contributed by atoms with E-state index in [0.717, 1.165) is 36.4 Å². The van der Waals surface area contributed by atoms with Gasteiger partial charge in [0.15, 0.2) is 0 Å². The summed E-state index contributed by atoms with van der Waals surface area (Å²) in [5.74, 6) is -0.0821. The minimum absolute atomic E-state index is 0.0579. The second-order valence-electron chi connectivity index (χ2n) is 8.07. The summed E-state index contributed by atoms with van der Waals surface area (Å²) in [5.41, 5.74) is 5.57. The second kappa shape index (κ2) is 10.3. The molecule has 29 heavy (non-hydrogen) atoms. The van der Waals surface area contributed by atoms with Gasteiger partial charge in [0.25, 0.3) is 0 Å². The smallest absolute Gasteiger partial charge is 0.233 e. The number of amides is 1. The number of carbonyl (C=O) groups excluding carboxylic acids is 1. The van der Waals surface area contributed by atoms with Gasteiger partial charge < -0.3 is 15.5 Å². The molecule has 0 spiro atoms. The summed E-state index contributed by atoms with van der Waals surface area (Å²) >= 11 is 0. The fraction of sp³-hybridized carbons (Fsp3) is 0.400. The molecule has 2 aromatic rings. The van der Waals surface area contributed by atoms with E-state index in [0.29, 0.717) is 6.54 Å². The monoisotopic (exact) mass is 391 g/mol. The van der Waals surface area contributed by atoms with Gasteiger partial charge in [-0.1, -0.05) is 42.3 Å². The normalized spacial score (nSPS) is 15.1. The first-order valence-corrected chi connectivity index (χ1v) is 10.6. The maximum absolute atomic E-state index is 12.8. The molecule has 0 bridgehead atoms. The van der Waals surface area contributed by atoms with Crippen molar-refractivity contribution in [2.75, 3.05) is 37.3 Å². The molecule has 1 heterocycles. The summed E-state index contributed by atoms with van der Waals surface area (Å²) in [5, 5.41) is 6.44. The first kappa shape index (κ1) is 21.1. The Morgan fingerprint density at radius 2 is 2.00 bits per heavy atom. The Bertz CT molecular complexity index is 828. The number of unbranched alkanes of at least 4 members (excludes halogenated alkanes) is 2. The number of anilines is 2. The fourth-order valence-corrected chi connectivity index (χ4v) is 3.84. The standard InChI is InChI=1S/C25H33N3O/c1-4-15-28(3)16-7-5-6-8-20-11-14-24-22(17-20)23(18-26-24)25(29)27-21-12-9-19(2)10-13-21/h4,9-14,17,23,26H,1,5-8,15-16,18H2,2-3H3,(H,27,29). The molecular weight excluding hydrogens is 358 g/mol. The molecule has 1 unspecified atom stereocenters. The molecule has 0 radical (unpaired) electrons. The third-order valence-corrected chi connectivity index (χ3v) is 5.57. The van der Waals surface area contributed by atoms with Crippen LogP contribution in [-0.2, 0) is 11.2 Å². The van der Waals surface area contributed by atoms with Gasteiger partial charge in [0.2, 0.25) is 5.91 Å². The lowest BCUT2D eigenvalue weighted by Gasteiger charge is -2.14. The maximum atomic E-state index is 12.8. The number of aryl methyl sites for hydroxylation is 2. The zero-order valence-electron chi connectivity index (χ0n) is 17.7. The van der Waals surface area contributed by atoms with E-state index in [1.165, 1.54) is 30.4 Å². The van der Waals surface area contributed by atoms with Crippen molar-refractivity contribution in [1.82, 2.24) is 4.90 Å². The molecule has 4 heteroatoms. The van der Waals surface area contributed by atoms with Crippen LogP contribution in [0.3, 0.4) is 0 Å². The number of carbonyl (C=O) groups is 1. The summed E-state index contributed by atoms with van der Waals surface area (Å²) in [6, 6.07) is 14.5. The van der Waals surface area contributed by atoms with Crippen molar-refractivity contribution in [3.05, 3.63) is 71.8 Å². The van der Waals surface area contributed by atoms with E-state index in [-0.39, 0.29) is 11.8 Å². The van der Waals surface area contributed by atoms with Crippen LogP contribution in [0.2, 0.25) is 0 Å². The number of benzene rings is 2. The van der Waals surface area contributed by atoms with Gasteiger partial charge in [-0.2, -0.15) is 0 Å². The van der Waals surface area contributed by atoms with E-state index in [4.69, 9.17) is 0 Å². The lowest BCUT2D eigenvalue weighted by Crippen LogP contribution is -2.22. The van der Waals surface area contributed by atoms with Gasteiger partial charge >= 0.3 is 0 Å². The highest BCUT2D eigenvalue weighted by Gasteiger charge is 2.28. The minimum atomic E-state index is -0.140. The summed E-state index contributed by atoms with van der Waals surface area (Å²) in [4.78, 5) is 15.1. The molecule has 1 amide bonds. The number of fused-ring (bicyclic) bond motifs is 1. The van der Waals surface area contributed by atoms with Crippen LogP contribution in [0.25, 0.3) is 0 Å². The molecule has 2 N–H and O–H groups in total. The number of nitrogens with zero attached hydrogens (tertiary/aromatic N) is 1. The van der Waals surface area contributed by atoms with Gasteiger partial charge in [-0.25, -0.2) is 0 Å². The summed E-state index contributed by atoms with van der Waals surface area (Å²) in [6.45, 7) is 8.55. The van der Waals surface area contributed by atoms with Crippen LogP contribution < -0.4 is 10.6 Å². The van der Waals surface area contributed by atoms with Gasteiger partial charge in [0.05, 0.1) is 5.92 Å². The zero-order valence-corrected chi connectivity index (χ0v) is 17.7. The molecule has 3 rings (SSSR count). The van der Waals surface area contributed by atoms with Crippen molar-refractivity contribution in [1.29, 1.82) is 0 Å². The largest absolute Gasteiger partial charge is 0.384 e. The Balaban J connectivity index is 1.53. The summed E-state index contributed by atoms with van der Waals surface area (Å²) in [6.07, 6.45) is 6.61. The minimum Gasteiger partial charge on any atom is -0.384 e. The van der Waals surface area contributed by atoms with Crippen molar-refractivity contribution < 1.29 is 4.79 Å². The highest BCUT2D eigenvalue weighted by molar-refractivity contribution is 5.98. The number of hydrogen-bond donors (Lipinski definition) is 2. The van der Waals surface area contributed by atoms with E-state index in [9.17, 15) is 4.79 Å². The number of rotatable bonds is 10. The molecule has 0 saturated carbocycles. The van der Waals surface area contributed by atoms with Crippen LogP contribution in [0.15, 0.2) is 55.1 Å². The van der Waals surface area contributed by atoms with Gasteiger partial charge in [0, 0.05) is 24.5 Å². The van der Waals surface area contributed by atoms with E-state index in [2.05, 4.69) is 47.4 Å². The van der Waals surface area contributed by atoms with Crippen LogP contribution in [0.1, 0.15) is 41.9 Å². The highest BCUT2D eigenvalue weighted by Crippen LogP contribution is 2.33. The quantitative estimate of drug-likeness (QED) is 0.444. The van der Waals surface area contributed by atoms with Gasteiger partial charge in [0.1, 0.15) is 0 Å². The number of likely N-dealkylation sites (N-methyl/N-ethyl adjacent to an activating group) is 1. The van der Waals surface area contributed by atoms with Crippen LogP contribution >= 0.6 is 0 Å². The first-order valence-electron chi connectivity index (χ1n) is 10.6. The SMILES string of the molecule is C=CCN(C)CCCCCc1ccc2c(c1)C(C(=O)Nc1ccc(C)cc1)CN2.